The van der Waals surface area contributed by atoms with Crippen LogP contribution in [0.2, 0.25) is 5.02 Å². The summed E-state index contributed by atoms with van der Waals surface area (Å²) in [5.74, 6) is -0.394. The Kier molecular flexibility index (Phi) is 9.54. The highest BCUT2D eigenvalue weighted by atomic mass is 35.5. The number of halogens is 2. The normalized spacial score (nSPS) is 14.5. The lowest BCUT2D eigenvalue weighted by atomic mass is 9.75. The Morgan fingerprint density at radius 1 is 1.12 bits per heavy atom. The van der Waals surface area contributed by atoms with Crippen LogP contribution in [0, 0.1) is 11.2 Å². The van der Waals surface area contributed by atoms with E-state index in [1.165, 1.54) is 25.4 Å². The van der Waals surface area contributed by atoms with Gasteiger partial charge in [0.05, 0.1) is 36.8 Å². The van der Waals surface area contributed by atoms with Gasteiger partial charge >= 0.3 is 12.1 Å². The van der Waals surface area contributed by atoms with Crippen molar-refractivity contribution in [3.63, 3.8) is 0 Å². The number of anilines is 1. The van der Waals surface area contributed by atoms with Crippen LogP contribution in [0.15, 0.2) is 48.7 Å². The van der Waals surface area contributed by atoms with Crippen molar-refractivity contribution in [3.8, 4) is 5.75 Å². The quantitative estimate of drug-likeness (QED) is 0.244. The minimum Gasteiger partial charge on any atom is -0.497 e. The molecule has 1 amide bonds. The van der Waals surface area contributed by atoms with Gasteiger partial charge in [0.15, 0.2) is 11.6 Å². The van der Waals surface area contributed by atoms with E-state index in [9.17, 15) is 14.0 Å². The van der Waals surface area contributed by atoms with E-state index in [0.29, 0.717) is 11.4 Å². The number of nitrogens with zero attached hydrogens (tertiary/aromatic N) is 3. The highest BCUT2D eigenvalue weighted by molar-refractivity contribution is 6.31. The Labute approximate surface area is 255 Å². The van der Waals surface area contributed by atoms with Crippen molar-refractivity contribution in [1.82, 2.24) is 14.9 Å². The van der Waals surface area contributed by atoms with Crippen molar-refractivity contribution >= 4 is 35.2 Å². The van der Waals surface area contributed by atoms with Gasteiger partial charge in [0, 0.05) is 25.2 Å². The molecule has 0 aliphatic carbocycles. The van der Waals surface area contributed by atoms with E-state index in [1.54, 1.807) is 38.8 Å². The minimum absolute atomic E-state index is 0.0459. The predicted molar refractivity (Wildman–Crippen MR) is 160 cm³/mol. The average Bonchev–Trinajstić information content (AvgIpc) is 3.00. The molecule has 1 saturated heterocycles. The third kappa shape index (κ3) is 7.05. The summed E-state index contributed by atoms with van der Waals surface area (Å²) < 4.78 is 30.9. The van der Waals surface area contributed by atoms with Gasteiger partial charge in [-0.05, 0) is 63.4 Å². The van der Waals surface area contributed by atoms with Gasteiger partial charge in [-0.1, -0.05) is 29.8 Å². The van der Waals surface area contributed by atoms with Crippen molar-refractivity contribution in [2.24, 2.45) is 0 Å². The van der Waals surface area contributed by atoms with Crippen LogP contribution in [0.25, 0.3) is 0 Å². The SMILES string of the molecule is COC(=O)C1(c2cnc(C(=N)c3cccc(Cl)c3F)c(NCc3ccc(OC)cc3)n2)CCN(C(=O)OC(C)(C)C)CC1. The molecule has 0 saturated carbocycles. The first-order valence-electron chi connectivity index (χ1n) is 13.7. The first-order chi connectivity index (χ1) is 20.4. The van der Waals surface area contributed by atoms with Crippen LogP contribution in [0.4, 0.5) is 15.0 Å². The lowest BCUT2D eigenvalue weighted by Gasteiger charge is -2.39. The number of amides is 1. The predicted octanol–water partition coefficient (Wildman–Crippen LogP) is 5.75. The zero-order chi connectivity index (χ0) is 31.4. The maximum absolute atomic E-state index is 14.9. The molecule has 1 fully saturated rings. The smallest absolute Gasteiger partial charge is 0.410 e. The van der Waals surface area contributed by atoms with Crippen molar-refractivity contribution in [2.75, 3.05) is 32.6 Å². The second-order valence-electron chi connectivity index (χ2n) is 11.2. The van der Waals surface area contributed by atoms with E-state index in [-0.39, 0.29) is 60.3 Å². The third-order valence-electron chi connectivity index (χ3n) is 7.18. The van der Waals surface area contributed by atoms with Crippen molar-refractivity contribution < 1.29 is 28.2 Å². The van der Waals surface area contributed by atoms with Crippen LogP contribution in [0.3, 0.4) is 0 Å². The molecule has 4 rings (SSSR count). The van der Waals surface area contributed by atoms with Crippen molar-refractivity contribution in [2.45, 2.75) is 51.2 Å². The first kappa shape index (κ1) is 31.7. The molecule has 3 aromatic rings. The fraction of sp³-hybridized carbons (Fsp3) is 0.387. The molecule has 0 atom stereocenters. The Morgan fingerprint density at radius 2 is 1.79 bits per heavy atom. The summed E-state index contributed by atoms with van der Waals surface area (Å²) in [5.41, 5.74) is -0.884. The summed E-state index contributed by atoms with van der Waals surface area (Å²) in [6.45, 7) is 6.11. The van der Waals surface area contributed by atoms with Crippen molar-refractivity contribution in [1.29, 1.82) is 5.41 Å². The van der Waals surface area contributed by atoms with Crippen LogP contribution in [0.1, 0.15) is 56.1 Å². The summed E-state index contributed by atoms with van der Waals surface area (Å²) in [6, 6.07) is 11.7. The number of likely N-dealkylation sites (tertiary alicyclic amines) is 1. The van der Waals surface area contributed by atoms with E-state index < -0.39 is 28.9 Å². The van der Waals surface area contributed by atoms with Crippen LogP contribution < -0.4 is 10.1 Å². The number of aromatic nitrogens is 2. The Hall–Kier alpha value is -4.25. The number of hydrogen-bond donors (Lipinski definition) is 2. The lowest BCUT2D eigenvalue weighted by molar-refractivity contribution is -0.150. The van der Waals surface area contributed by atoms with E-state index in [1.807, 2.05) is 24.3 Å². The number of rotatable bonds is 8. The second kappa shape index (κ2) is 12.9. The molecule has 1 aromatic heterocycles. The summed E-state index contributed by atoms with van der Waals surface area (Å²) in [7, 11) is 2.88. The molecule has 1 aliphatic heterocycles. The van der Waals surface area contributed by atoms with Gasteiger partial charge in [0.2, 0.25) is 0 Å². The molecule has 1 aliphatic rings. The minimum atomic E-state index is -1.21. The molecule has 43 heavy (non-hydrogen) atoms. The van der Waals surface area contributed by atoms with Gasteiger partial charge in [-0.3, -0.25) is 10.2 Å². The van der Waals surface area contributed by atoms with Gasteiger partial charge in [-0.15, -0.1) is 0 Å². The number of hydrogen-bond acceptors (Lipinski definition) is 9. The molecule has 228 valence electrons. The standard InChI is InChI=1S/C31H35ClFN5O5/c1-30(2,3)43-29(40)38-15-13-31(14-16-38,28(39)42-5)23-18-35-26(25(34)21-7-6-8-22(32)24(21)33)27(37-23)36-17-19-9-11-20(41-4)12-10-19/h6-12,18,34H,13-17H2,1-5H3,(H,36,37). The number of benzene rings is 2. The maximum atomic E-state index is 14.9. The largest absolute Gasteiger partial charge is 0.497 e. The summed E-state index contributed by atoms with van der Waals surface area (Å²) >= 11 is 5.99. The van der Waals surface area contributed by atoms with Crippen LogP contribution in [-0.2, 0) is 26.2 Å². The van der Waals surface area contributed by atoms with Gasteiger partial charge in [0.1, 0.15) is 22.5 Å². The summed E-state index contributed by atoms with van der Waals surface area (Å²) in [4.78, 5) is 36.9. The Morgan fingerprint density at radius 3 is 2.40 bits per heavy atom. The van der Waals surface area contributed by atoms with Crippen LogP contribution >= 0.6 is 11.6 Å². The van der Waals surface area contributed by atoms with Crippen LogP contribution in [-0.4, -0.2) is 65.6 Å². The Bertz CT molecular complexity index is 1500. The van der Waals surface area contributed by atoms with E-state index >= 15 is 0 Å². The zero-order valence-corrected chi connectivity index (χ0v) is 25.5. The first-order valence-corrected chi connectivity index (χ1v) is 14.1. The summed E-state index contributed by atoms with van der Waals surface area (Å²) in [5, 5.41) is 11.9. The third-order valence-corrected chi connectivity index (χ3v) is 7.48. The number of nitrogens with one attached hydrogen (secondary N) is 2. The molecule has 2 N–H and O–H groups in total. The van der Waals surface area contributed by atoms with E-state index in [2.05, 4.69) is 10.3 Å². The number of esters is 1. The van der Waals surface area contributed by atoms with Gasteiger partial charge < -0.3 is 24.4 Å². The molecule has 0 unspecified atom stereocenters. The van der Waals surface area contributed by atoms with E-state index in [4.69, 9.17) is 36.2 Å². The number of ether oxygens (including phenoxy) is 3. The summed E-state index contributed by atoms with van der Waals surface area (Å²) in [6.07, 6.45) is 1.37. The zero-order valence-electron chi connectivity index (χ0n) is 24.8. The Balaban J connectivity index is 1.71. The van der Waals surface area contributed by atoms with E-state index in [0.717, 1.165) is 5.56 Å². The molecule has 0 bridgehead atoms. The molecule has 2 aromatic carbocycles. The molecule has 0 radical (unpaired) electrons. The molecule has 10 nitrogen and oxygen atoms in total. The van der Waals surface area contributed by atoms with Crippen LogP contribution in [0.5, 0.6) is 5.75 Å². The number of carbonyl (C=O) groups excluding carboxylic acids is 2. The number of carbonyl (C=O) groups is 2. The number of methoxy groups -OCH3 is 2. The molecule has 2 heterocycles. The molecule has 0 spiro atoms. The van der Waals surface area contributed by atoms with Gasteiger partial charge in [0.25, 0.3) is 0 Å². The fourth-order valence-corrected chi connectivity index (χ4v) is 5.01. The molecular formula is C31H35ClFN5O5. The molecule has 12 heteroatoms. The number of piperidine rings is 1. The topological polar surface area (TPSA) is 127 Å². The fourth-order valence-electron chi connectivity index (χ4n) is 4.84. The highest BCUT2D eigenvalue weighted by Crippen LogP contribution is 2.37. The second-order valence-corrected chi connectivity index (χ2v) is 11.6. The van der Waals surface area contributed by atoms with Crippen molar-refractivity contribution in [3.05, 3.63) is 82.0 Å². The average molecular weight is 612 g/mol. The van der Waals surface area contributed by atoms with Gasteiger partial charge in [-0.2, -0.15) is 0 Å². The highest BCUT2D eigenvalue weighted by Gasteiger charge is 2.47. The lowest BCUT2D eigenvalue weighted by Crippen LogP contribution is -2.51. The maximum Gasteiger partial charge on any atom is 0.410 e. The molecular weight excluding hydrogens is 577 g/mol. The monoisotopic (exact) mass is 611 g/mol. The van der Waals surface area contributed by atoms with Gasteiger partial charge in [-0.25, -0.2) is 19.2 Å².